The molecule has 4 nitrogen and oxygen atoms in total. The van der Waals surface area contributed by atoms with Crippen LogP contribution in [-0.4, -0.2) is 23.5 Å². The molecule has 0 aliphatic carbocycles. The maximum Gasteiger partial charge on any atom is 0.285 e. The van der Waals surface area contributed by atoms with Crippen LogP contribution in [-0.2, 0) is 9.73 Å². The number of amides is 1. The van der Waals surface area contributed by atoms with Gasteiger partial charge in [0.05, 0.1) is 16.8 Å². The lowest BCUT2D eigenvalue weighted by Crippen LogP contribution is -2.04. The third-order valence-corrected chi connectivity index (χ3v) is 4.71. The Kier molecular flexibility index (Phi) is 4.43. The van der Waals surface area contributed by atoms with Gasteiger partial charge in [0.15, 0.2) is 0 Å². The van der Waals surface area contributed by atoms with Crippen LogP contribution in [0.4, 0.5) is 0 Å². The van der Waals surface area contributed by atoms with Gasteiger partial charge in [-0.05, 0) is 43.3 Å². The molecule has 0 N–H and O–H groups in total. The lowest BCUT2D eigenvalue weighted by molar-refractivity contribution is 0.100. The summed E-state index contributed by atoms with van der Waals surface area (Å²) in [5.74, 6) is 0.192. The van der Waals surface area contributed by atoms with Crippen LogP contribution in [0, 0.1) is 6.92 Å². The molecule has 1 amide bonds. The van der Waals surface area contributed by atoms with Gasteiger partial charge in [-0.25, -0.2) is 4.21 Å². The highest BCUT2D eigenvalue weighted by atomic mass is 32.2. The highest BCUT2D eigenvalue weighted by molar-refractivity contribution is 7.93. The maximum atomic E-state index is 12.6. The van der Waals surface area contributed by atoms with Crippen LogP contribution in [0.3, 0.4) is 0 Å². The van der Waals surface area contributed by atoms with Crippen molar-refractivity contribution >= 4 is 15.6 Å². The zero-order chi connectivity index (χ0) is 15.5. The Morgan fingerprint density at radius 1 is 1.05 bits per heavy atom. The number of rotatable bonds is 3. The quantitative estimate of drug-likeness (QED) is 0.874. The van der Waals surface area contributed by atoms with Crippen molar-refractivity contribution < 1.29 is 13.7 Å². The van der Waals surface area contributed by atoms with Crippen LogP contribution in [0.5, 0.6) is 5.75 Å². The van der Waals surface area contributed by atoms with E-state index >= 15 is 0 Å². The summed E-state index contributed by atoms with van der Waals surface area (Å²) in [7, 11) is -1.21. The number of methoxy groups -OCH3 is 1. The molecular weight excluding hydrogens is 286 g/mol. The Balaban J connectivity index is 2.34. The number of carbonyl (C=O) groups excluding carboxylic acids is 1. The second kappa shape index (κ2) is 6.10. The lowest BCUT2D eigenvalue weighted by atomic mass is 10.1. The summed E-state index contributed by atoms with van der Waals surface area (Å²) in [6, 6.07) is 13.7. The average Bonchev–Trinajstić information content (AvgIpc) is 2.47. The molecule has 21 heavy (non-hydrogen) atoms. The topological polar surface area (TPSA) is 55.7 Å². The van der Waals surface area contributed by atoms with Gasteiger partial charge in [-0.2, -0.15) is 4.36 Å². The highest BCUT2D eigenvalue weighted by Gasteiger charge is 2.11. The normalized spacial score (nSPS) is 13.3. The molecular formula is C16H17NO3S. The van der Waals surface area contributed by atoms with Gasteiger partial charge < -0.3 is 4.74 Å². The fourth-order valence-corrected chi connectivity index (χ4v) is 2.96. The van der Waals surface area contributed by atoms with Crippen molar-refractivity contribution in [2.24, 2.45) is 4.36 Å². The van der Waals surface area contributed by atoms with E-state index in [2.05, 4.69) is 4.36 Å². The van der Waals surface area contributed by atoms with E-state index in [4.69, 9.17) is 4.74 Å². The van der Waals surface area contributed by atoms with Crippen LogP contribution in [0.15, 0.2) is 57.8 Å². The van der Waals surface area contributed by atoms with Crippen molar-refractivity contribution in [3.8, 4) is 5.75 Å². The summed E-state index contributed by atoms with van der Waals surface area (Å²) >= 11 is 0. The molecule has 1 unspecified atom stereocenters. The number of aryl methyl sites for hydroxylation is 1. The first-order valence-electron chi connectivity index (χ1n) is 6.39. The van der Waals surface area contributed by atoms with Gasteiger partial charge in [-0.3, -0.25) is 4.79 Å². The smallest absolute Gasteiger partial charge is 0.285 e. The van der Waals surface area contributed by atoms with Gasteiger partial charge in [0.25, 0.3) is 5.91 Å². The molecule has 5 heteroatoms. The molecule has 2 aromatic rings. The molecule has 2 rings (SSSR count). The zero-order valence-electron chi connectivity index (χ0n) is 12.2. The predicted octanol–water partition coefficient (Wildman–Crippen LogP) is 3.30. The van der Waals surface area contributed by atoms with E-state index in [1.54, 1.807) is 43.5 Å². The molecule has 0 aliphatic rings. The van der Waals surface area contributed by atoms with Crippen molar-refractivity contribution in [1.82, 2.24) is 0 Å². The Morgan fingerprint density at radius 2 is 1.62 bits per heavy atom. The third-order valence-electron chi connectivity index (χ3n) is 3.05. The van der Waals surface area contributed by atoms with Crippen LogP contribution in [0.1, 0.15) is 15.9 Å². The van der Waals surface area contributed by atoms with E-state index < -0.39 is 15.6 Å². The first-order chi connectivity index (χ1) is 9.92. The Labute approximate surface area is 125 Å². The number of carbonyl (C=O) groups is 1. The molecule has 0 saturated carbocycles. The summed E-state index contributed by atoms with van der Waals surface area (Å²) in [5.41, 5.74) is 1.49. The van der Waals surface area contributed by atoms with Crippen molar-refractivity contribution in [2.45, 2.75) is 11.8 Å². The predicted molar refractivity (Wildman–Crippen MR) is 83.3 cm³/mol. The second-order valence-electron chi connectivity index (χ2n) is 4.74. The number of nitrogens with zero attached hydrogens (tertiary/aromatic N) is 1. The van der Waals surface area contributed by atoms with Crippen molar-refractivity contribution in [3.63, 3.8) is 0 Å². The highest BCUT2D eigenvalue weighted by Crippen LogP contribution is 2.18. The Morgan fingerprint density at radius 3 is 2.14 bits per heavy atom. The lowest BCUT2D eigenvalue weighted by Gasteiger charge is -2.05. The number of hydrogen-bond acceptors (Lipinski definition) is 3. The van der Waals surface area contributed by atoms with Gasteiger partial charge in [0.2, 0.25) is 0 Å². The molecule has 0 aliphatic heterocycles. The summed E-state index contributed by atoms with van der Waals surface area (Å²) in [6.07, 6.45) is 1.46. The minimum Gasteiger partial charge on any atom is -0.497 e. The molecule has 0 fully saturated rings. The summed E-state index contributed by atoms with van der Waals surface area (Å²) < 4.78 is 21.5. The van der Waals surface area contributed by atoms with E-state index in [-0.39, 0.29) is 0 Å². The summed E-state index contributed by atoms with van der Waals surface area (Å²) in [4.78, 5) is 12.6. The molecule has 0 saturated heterocycles. The SMILES string of the molecule is COc1ccc(S(C)(=O)=NC(=O)c2ccc(C)cc2)cc1. The monoisotopic (exact) mass is 303 g/mol. The van der Waals surface area contributed by atoms with E-state index in [0.29, 0.717) is 16.2 Å². The molecule has 0 heterocycles. The average molecular weight is 303 g/mol. The van der Waals surface area contributed by atoms with E-state index in [1.807, 2.05) is 19.1 Å². The fourth-order valence-electron chi connectivity index (χ4n) is 1.79. The second-order valence-corrected chi connectivity index (χ2v) is 7.00. The maximum absolute atomic E-state index is 12.6. The molecule has 1 atom stereocenters. The number of hydrogen-bond donors (Lipinski definition) is 0. The molecule has 110 valence electrons. The Bertz CT molecular complexity index is 755. The van der Waals surface area contributed by atoms with Gasteiger partial charge in [0.1, 0.15) is 5.75 Å². The van der Waals surface area contributed by atoms with Crippen LogP contribution in [0.2, 0.25) is 0 Å². The first kappa shape index (κ1) is 15.3. The number of benzene rings is 2. The minimum absolute atomic E-state index is 0.434. The fraction of sp³-hybridized carbons (Fsp3) is 0.188. The largest absolute Gasteiger partial charge is 0.497 e. The molecule has 0 bridgehead atoms. The zero-order valence-corrected chi connectivity index (χ0v) is 13.0. The van der Waals surface area contributed by atoms with Crippen molar-refractivity contribution in [1.29, 1.82) is 0 Å². The van der Waals surface area contributed by atoms with Gasteiger partial charge in [-0.1, -0.05) is 17.7 Å². The molecule has 2 aromatic carbocycles. The van der Waals surface area contributed by atoms with Crippen LogP contribution >= 0.6 is 0 Å². The van der Waals surface area contributed by atoms with Crippen molar-refractivity contribution in [2.75, 3.05) is 13.4 Å². The van der Waals surface area contributed by atoms with Crippen LogP contribution < -0.4 is 4.74 Å². The standard InChI is InChI=1S/C16H17NO3S/c1-12-4-6-13(7-5-12)16(18)17-21(3,19)15-10-8-14(20-2)9-11-15/h4-11H,1-3H3. The summed E-state index contributed by atoms with van der Waals surface area (Å²) in [5, 5.41) is 0. The van der Waals surface area contributed by atoms with Crippen LogP contribution in [0.25, 0.3) is 0 Å². The van der Waals surface area contributed by atoms with Gasteiger partial charge in [0, 0.05) is 16.7 Å². The third kappa shape index (κ3) is 3.70. The first-order valence-corrected chi connectivity index (χ1v) is 8.32. The van der Waals surface area contributed by atoms with E-state index in [0.717, 1.165) is 5.56 Å². The molecule has 0 spiro atoms. The summed E-state index contributed by atoms with van der Waals surface area (Å²) in [6.45, 7) is 1.94. The van der Waals surface area contributed by atoms with Crippen molar-refractivity contribution in [3.05, 3.63) is 59.7 Å². The minimum atomic E-state index is -2.77. The molecule has 0 radical (unpaired) electrons. The van der Waals surface area contributed by atoms with E-state index in [1.165, 1.54) is 6.26 Å². The molecule has 0 aromatic heterocycles. The van der Waals surface area contributed by atoms with Gasteiger partial charge >= 0.3 is 0 Å². The van der Waals surface area contributed by atoms with E-state index in [9.17, 15) is 9.00 Å². The van der Waals surface area contributed by atoms with Gasteiger partial charge in [-0.15, -0.1) is 0 Å². The number of ether oxygens (including phenoxy) is 1. The Hall–Kier alpha value is -2.14.